The highest BCUT2D eigenvalue weighted by molar-refractivity contribution is 9.10. The van der Waals surface area contributed by atoms with Crippen molar-refractivity contribution in [1.82, 2.24) is 10.2 Å². The van der Waals surface area contributed by atoms with Gasteiger partial charge in [0.15, 0.2) is 0 Å². The van der Waals surface area contributed by atoms with Gasteiger partial charge in [0, 0.05) is 30.0 Å². The number of amides is 2. The predicted molar refractivity (Wildman–Crippen MR) is 110 cm³/mol. The van der Waals surface area contributed by atoms with Crippen molar-refractivity contribution >= 4 is 27.7 Å². The molecule has 0 unspecified atom stereocenters. The Balaban J connectivity index is 1.74. The van der Waals surface area contributed by atoms with Crippen LogP contribution in [0.2, 0.25) is 0 Å². The van der Waals surface area contributed by atoms with Crippen LogP contribution in [0, 0.1) is 0 Å². The molecule has 1 N–H and O–H groups in total. The van der Waals surface area contributed by atoms with Crippen LogP contribution < -0.4 is 10.1 Å². The molecule has 0 spiro atoms. The average Bonchev–Trinajstić information content (AvgIpc) is 2.69. The minimum absolute atomic E-state index is 0.0557. The van der Waals surface area contributed by atoms with Gasteiger partial charge in [-0.1, -0.05) is 34.1 Å². The van der Waals surface area contributed by atoms with Gasteiger partial charge in [-0.2, -0.15) is 13.2 Å². The molecule has 0 heterocycles. The lowest BCUT2D eigenvalue weighted by Crippen LogP contribution is -2.33. The molecule has 9 heteroatoms. The molecule has 0 saturated heterocycles. The van der Waals surface area contributed by atoms with E-state index in [-0.39, 0.29) is 11.5 Å². The van der Waals surface area contributed by atoms with E-state index < -0.39 is 18.6 Å². The number of benzene rings is 2. The van der Waals surface area contributed by atoms with Crippen LogP contribution >= 0.6 is 15.9 Å². The SMILES string of the molecule is CN(Cc1ccc(C(=O)NCC(F)(F)F)cc1)C(=O)CCCOc1cccc(Br)c1. The van der Waals surface area contributed by atoms with Crippen LogP contribution in [-0.4, -0.2) is 43.1 Å². The molecule has 0 saturated carbocycles. The largest absolute Gasteiger partial charge is 0.494 e. The quantitative estimate of drug-likeness (QED) is 0.528. The molecule has 0 radical (unpaired) electrons. The average molecular weight is 487 g/mol. The summed E-state index contributed by atoms with van der Waals surface area (Å²) in [4.78, 5) is 25.5. The van der Waals surface area contributed by atoms with E-state index in [1.165, 1.54) is 12.1 Å². The number of halogens is 4. The number of carbonyl (C=O) groups is 2. The number of ether oxygens (including phenoxy) is 1. The monoisotopic (exact) mass is 486 g/mol. The third kappa shape index (κ3) is 8.44. The molecule has 2 aromatic rings. The normalized spacial score (nSPS) is 11.1. The number of alkyl halides is 3. The standard InChI is InChI=1S/C21H22BrF3N2O3/c1-27(19(28)6-3-11-30-18-5-2-4-17(22)12-18)13-15-7-9-16(10-8-15)20(29)26-14-21(23,24)25/h2,4-5,7-10,12H,3,6,11,13-14H2,1H3,(H,26,29). The van der Waals surface area contributed by atoms with E-state index in [1.807, 2.05) is 29.6 Å². The molecule has 0 aromatic heterocycles. The van der Waals surface area contributed by atoms with Crippen LogP contribution in [0.1, 0.15) is 28.8 Å². The lowest BCUT2D eigenvalue weighted by molar-refractivity contribution is -0.130. The van der Waals surface area contributed by atoms with Crippen molar-refractivity contribution in [3.8, 4) is 5.75 Å². The van der Waals surface area contributed by atoms with Gasteiger partial charge in [0.25, 0.3) is 5.91 Å². The molecular weight excluding hydrogens is 465 g/mol. The zero-order chi connectivity index (χ0) is 22.1. The molecule has 162 valence electrons. The molecule has 2 aromatic carbocycles. The summed E-state index contributed by atoms with van der Waals surface area (Å²) in [7, 11) is 1.67. The zero-order valence-corrected chi connectivity index (χ0v) is 17.9. The summed E-state index contributed by atoms with van der Waals surface area (Å²) in [6.45, 7) is -0.635. The van der Waals surface area contributed by atoms with Gasteiger partial charge in [0.05, 0.1) is 6.61 Å². The topological polar surface area (TPSA) is 58.6 Å². The Labute approximate surface area is 181 Å². The Kier molecular flexibility index (Phi) is 8.71. The molecule has 0 bridgehead atoms. The summed E-state index contributed by atoms with van der Waals surface area (Å²) in [5.74, 6) is -0.127. The van der Waals surface area contributed by atoms with Gasteiger partial charge in [-0.05, 0) is 42.3 Å². The van der Waals surface area contributed by atoms with Crippen molar-refractivity contribution in [2.45, 2.75) is 25.6 Å². The first-order chi connectivity index (χ1) is 14.1. The molecule has 0 fully saturated rings. The first-order valence-electron chi connectivity index (χ1n) is 9.20. The van der Waals surface area contributed by atoms with E-state index in [0.29, 0.717) is 26.0 Å². The Morgan fingerprint density at radius 3 is 2.47 bits per heavy atom. The Morgan fingerprint density at radius 2 is 1.83 bits per heavy atom. The number of hydrogen-bond donors (Lipinski definition) is 1. The smallest absolute Gasteiger partial charge is 0.405 e. The van der Waals surface area contributed by atoms with E-state index in [1.54, 1.807) is 24.1 Å². The van der Waals surface area contributed by atoms with E-state index >= 15 is 0 Å². The van der Waals surface area contributed by atoms with Gasteiger partial charge in [0.1, 0.15) is 12.3 Å². The molecular formula is C21H22BrF3N2O3. The van der Waals surface area contributed by atoms with Gasteiger partial charge in [0.2, 0.25) is 5.91 Å². The second kappa shape index (κ2) is 11.0. The molecule has 30 heavy (non-hydrogen) atoms. The maximum absolute atomic E-state index is 12.3. The van der Waals surface area contributed by atoms with Crippen molar-refractivity contribution in [1.29, 1.82) is 0 Å². The highest BCUT2D eigenvalue weighted by Gasteiger charge is 2.27. The van der Waals surface area contributed by atoms with Crippen molar-refractivity contribution in [3.05, 3.63) is 64.1 Å². The maximum Gasteiger partial charge on any atom is 0.405 e. The highest BCUT2D eigenvalue weighted by atomic mass is 79.9. The van der Waals surface area contributed by atoms with E-state index in [0.717, 1.165) is 15.8 Å². The fraction of sp³-hybridized carbons (Fsp3) is 0.333. The second-order valence-corrected chi connectivity index (χ2v) is 7.57. The number of hydrogen-bond acceptors (Lipinski definition) is 3. The van der Waals surface area contributed by atoms with Crippen molar-refractivity contribution in [3.63, 3.8) is 0 Å². The number of rotatable bonds is 9. The summed E-state index contributed by atoms with van der Waals surface area (Å²) in [6.07, 6.45) is -3.57. The van der Waals surface area contributed by atoms with Crippen LogP contribution in [0.3, 0.4) is 0 Å². The number of nitrogens with one attached hydrogen (secondary N) is 1. The molecule has 0 aliphatic rings. The van der Waals surface area contributed by atoms with Crippen molar-refractivity contribution < 1.29 is 27.5 Å². The molecule has 0 aliphatic carbocycles. The lowest BCUT2D eigenvalue weighted by Gasteiger charge is -2.17. The predicted octanol–water partition coefficient (Wildman–Crippen LogP) is 4.56. The summed E-state index contributed by atoms with van der Waals surface area (Å²) >= 11 is 3.36. The maximum atomic E-state index is 12.3. The third-order valence-electron chi connectivity index (χ3n) is 4.11. The first kappa shape index (κ1) is 23.7. The Bertz CT molecular complexity index is 857. The Hall–Kier alpha value is -2.55. The van der Waals surface area contributed by atoms with Gasteiger partial charge >= 0.3 is 6.18 Å². The van der Waals surface area contributed by atoms with E-state index in [4.69, 9.17) is 4.74 Å². The van der Waals surface area contributed by atoms with Gasteiger partial charge in [-0.15, -0.1) is 0 Å². The molecule has 2 amide bonds. The van der Waals surface area contributed by atoms with E-state index in [9.17, 15) is 22.8 Å². The van der Waals surface area contributed by atoms with Crippen LogP contribution in [0.4, 0.5) is 13.2 Å². The van der Waals surface area contributed by atoms with Crippen LogP contribution in [0.5, 0.6) is 5.75 Å². The first-order valence-corrected chi connectivity index (χ1v) is 9.99. The van der Waals surface area contributed by atoms with E-state index in [2.05, 4.69) is 15.9 Å². The minimum Gasteiger partial charge on any atom is -0.494 e. The van der Waals surface area contributed by atoms with Crippen LogP contribution in [-0.2, 0) is 11.3 Å². The summed E-state index contributed by atoms with van der Waals surface area (Å²) in [6, 6.07) is 13.5. The van der Waals surface area contributed by atoms with Gasteiger partial charge in [-0.3, -0.25) is 9.59 Å². The number of carbonyl (C=O) groups excluding carboxylic acids is 2. The zero-order valence-electron chi connectivity index (χ0n) is 16.3. The highest BCUT2D eigenvalue weighted by Crippen LogP contribution is 2.18. The van der Waals surface area contributed by atoms with Crippen LogP contribution in [0.25, 0.3) is 0 Å². The summed E-state index contributed by atoms with van der Waals surface area (Å²) in [5, 5.41) is 1.82. The van der Waals surface area contributed by atoms with Crippen molar-refractivity contribution in [2.75, 3.05) is 20.2 Å². The van der Waals surface area contributed by atoms with Gasteiger partial charge < -0.3 is 15.0 Å². The third-order valence-corrected chi connectivity index (χ3v) is 4.60. The fourth-order valence-corrected chi connectivity index (χ4v) is 2.95. The molecule has 0 aliphatic heterocycles. The molecule has 2 rings (SSSR count). The molecule has 5 nitrogen and oxygen atoms in total. The summed E-state index contributed by atoms with van der Waals surface area (Å²) < 4.78 is 43.0. The number of nitrogens with zero attached hydrogens (tertiary/aromatic N) is 1. The van der Waals surface area contributed by atoms with Crippen molar-refractivity contribution in [2.24, 2.45) is 0 Å². The second-order valence-electron chi connectivity index (χ2n) is 6.65. The van der Waals surface area contributed by atoms with Gasteiger partial charge in [-0.25, -0.2) is 0 Å². The Morgan fingerprint density at radius 1 is 1.13 bits per heavy atom. The summed E-state index contributed by atoms with van der Waals surface area (Å²) in [5.41, 5.74) is 0.894. The lowest BCUT2D eigenvalue weighted by atomic mass is 10.1. The minimum atomic E-state index is -4.46. The fourth-order valence-electron chi connectivity index (χ4n) is 2.57. The van der Waals surface area contributed by atoms with Crippen LogP contribution in [0.15, 0.2) is 53.0 Å². The molecule has 0 atom stereocenters.